The first-order chi connectivity index (χ1) is 20.3. The van der Waals surface area contributed by atoms with Crippen molar-refractivity contribution in [1.82, 2.24) is 20.1 Å². The summed E-state index contributed by atoms with van der Waals surface area (Å²) in [6.45, 7) is 2.34. The van der Waals surface area contributed by atoms with E-state index < -0.39 is 17.8 Å². The van der Waals surface area contributed by atoms with Crippen molar-refractivity contribution in [3.8, 4) is 0 Å². The van der Waals surface area contributed by atoms with Crippen molar-refractivity contribution in [3.05, 3.63) is 111 Å². The molecule has 0 bridgehead atoms. The van der Waals surface area contributed by atoms with Crippen LogP contribution in [-0.4, -0.2) is 72.5 Å². The van der Waals surface area contributed by atoms with E-state index >= 15 is 0 Å². The number of aliphatic imine (C=N–C) groups is 1. The number of esters is 1. The molecule has 2 aliphatic rings. The van der Waals surface area contributed by atoms with Crippen LogP contribution in [0, 0.1) is 5.82 Å². The zero-order chi connectivity index (χ0) is 29.6. The fourth-order valence-corrected chi connectivity index (χ4v) is 5.33. The third-order valence-corrected chi connectivity index (χ3v) is 7.55. The lowest BCUT2D eigenvalue weighted by Gasteiger charge is -2.36. The summed E-state index contributed by atoms with van der Waals surface area (Å²) in [4.78, 5) is 38.4. The number of rotatable bonds is 7. The summed E-state index contributed by atoms with van der Waals surface area (Å²) in [5.41, 5.74) is 2.10. The Hall–Kier alpha value is -3.99. The predicted octanol–water partition coefficient (Wildman–Crippen LogP) is 5.00. The van der Waals surface area contributed by atoms with Gasteiger partial charge in [0.05, 0.1) is 12.7 Å². The van der Waals surface area contributed by atoms with Crippen LogP contribution in [0.15, 0.2) is 83.1 Å². The first-order valence-corrected chi connectivity index (χ1v) is 14.0. The second kappa shape index (κ2) is 13.3. The van der Waals surface area contributed by atoms with Gasteiger partial charge in [0.1, 0.15) is 18.3 Å². The summed E-state index contributed by atoms with van der Waals surface area (Å²) in [5, 5.41) is 3.85. The molecule has 2 aliphatic heterocycles. The Labute approximate surface area is 252 Å². The number of carbonyl (C=O) groups excluding carboxylic acids is 2. The van der Waals surface area contributed by atoms with E-state index in [1.54, 1.807) is 23.1 Å². The van der Waals surface area contributed by atoms with Crippen molar-refractivity contribution < 1.29 is 23.5 Å². The van der Waals surface area contributed by atoms with Gasteiger partial charge in [-0.15, -0.1) is 0 Å². The van der Waals surface area contributed by atoms with Crippen LogP contribution in [0.3, 0.4) is 0 Å². The van der Waals surface area contributed by atoms with Crippen LogP contribution in [-0.2, 0) is 20.9 Å². The minimum Gasteiger partial charge on any atom is -0.466 e. The van der Waals surface area contributed by atoms with Crippen molar-refractivity contribution in [1.29, 1.82) is 0 Å². The monoisotopic (exact) mass is 611 g/mol. The molecule has 0 radical (unpaired) electrons. The molecule has 1 unspecified atom stereocenters. The maximum atomic E-state index is 14.8. The van der Waals surface area contributed by atoms with Crippen molar-refractivity contribution in [2.45, 2.75) is 12.6 Å². The van der Waals surface area contributed by atoms with Crippen molar-refractivity contribution in [2.75, 3.05) is 39.8 Å². The molecule has 1 atom stereocenters. The first kappa shape index (κ1) is 29.5. The van der Waals surface area contributed by atoms with Gasteiger partial charge in [-0.3, -0.25) is 9.89 Å². The van der Waals surface area contributed by atoms with Crippen LogP contribution in [0.5, 0.6) is 0 Å². The number of carbonyl (C=O) groups is 2. The SMILES string of the molecule is COC(=O)C1=C(CN2CCN(C(=O)OCc3ccccc3)CC2)NC(c2ncccc2F)=NC1c1ccc(Cl)cc1Cl. The van der Waals surface area contributed by atoms with E-state index in [0.717, 1.165) is 5.56 Å². The van der Waals surface area contributed by atoms with Crippen LogP contribution in [0.25, 0.3) is 0 Å². The lowest BCUT2D eigenvalue weighted by Crippen LogP contribution is -2.50. The van der Waals surface area contributed by atoms with E-state index in [1.807, 2.05) is 30.3 Å². The van der Waals surface area contributed by atoms with Crippen molar-refractivity contribution in [2.24, 2.45) is 4.99 Å². The van der Waals surface area contributed by atoms with Gasteiger partial charge in [-0.2, -0.15) is 0 Å². The van der Waals surface area contributed by atoms with E-state index in [-0.39, 0.29) is 36.3 Å². The molecule has 1 saturated heterocycles. The summed E-state index contributed by atoms with van der Waals surface area (Å²) < 4.78 is 25.5. The standard InChI is InChI=1S/C30H28Cl2FN5O4/c1-41-29(39)25-24(17-37-12-14-38(15-13-37)30(40)42-18-19-6-3-2-4-7-19)35-28(27-23(33)8-5-11-34-27)36-26(25)21-10-9-20(31)16-22(21)32/h2-11,16,26H,12-15,17-18H2,1H3,(H,35,36). The number of benzene rings is 2. The molecule has 218 valence electrons. The van der Waals surface area contributed by atoms with Gasteiger partial charge in [-0.05, 0) is 29.8 Å². The number of methoxy groups -OCH3 is 1. The Balaban J connectivity index is 1.38. The zero-order valence-electron chi connectivity index (χ0n) is 22.7. The number of halogens is 3. The third kappa shape index (κ3) is 6.73. The smallest absolute Gasteiger partial charge is 0.410 e. The highest BCUT2D eigenvalue weighted by molar-refractivity contribution is 6.35. The molecule has 1 fully saturated rings. The molecule has 0 saturated carbocycles. The van der Waals surface area contributed by atoms with Crippen LogP contribution in [0.2, 0.25) is 10.0 Å². The van der Waals surface area contributed by atoms with Gasteiger partial charge < -0.3 is 19.7 Å². The van der Waals surface area contributed by atoms with Gasteiger partial charge in [-0.1, -0.05) is 59.6 Å². The topological polar surface area (TPSA) is 96.4 Å². The minimum atomic E-state index is -0.913. The maximum Gasteiger partial charge on any atom is 0.410 e. The average Bonchev–Trinajstić information content (AvgIpc) is 3.00. The normalized spacial score (nSPS) is 17.4. The number of amides is 1. The molecule has 2 aromatic carbocycles. The van der Waals surface area contributed by atoms with Gasteiger partial charge in [0, 0.05) is 60.2 Å². The molecule has 12 heteroatoms. The number of aromatic nitrogens is 1. The number of ether oxygens (including phenoxy) is 2. The van der Waals surface area contributed by atoms with Crippen molar-refractivity contribution >= 4 is 41.1 Å². The molecule has 1 aromatic heterocycles. The minimum absolute atomic E-state index is 0.0000161. The number of nitrogens with zero attached hydrogens (tertiary/aromatic N) is 4. The van der Waals surface area contributed by atoms with Crippen molar-refractivity contribution in [3.63, 3.8) is 0 Å². The lowest BCUT2D eigenvalue weighted by molar-refractivity contribution is -0.136. The number of amidine groups is 1. The molecule has 5 rings (SSSR count). The quantitative estimate of drug-likeness (QED) is 0.376. The van der Waals surface area contributed by atoms with Crippen LogP contribution < -0.4 is 5.32 Å². The summed E-state index contributed by atoms with van der Waals surface area (Å²) in [7, 11) is 1.28. The number of hydrogen-bond acceptors (Lipinski definition) is 8. The lowest BCUT2D eigenvalue weighted by atomic mass is 9.95. The van der Waals surface area contributed by atoms with E-state index in [0.29, 0.717) is 47.5 Å². The third-order valence-electron chi connectivity index (χ3n) is 6.99. The number of hydrogen-bond donors (Lipinski definition) is 1. The Bertz CT molecular complexity index is 1530. The van der Waals surface area contributed by atoms with E-state index in [9.17, 15) is 14.0 Å². The van der Waals surface area contributed by atoms with Gasteiger partial charge in [0.25, 0.3) is 0 Å². The molecular weight excluding hydrogens is 584 g/mol. The molecule has 1 amide bonds. The Morgan fingerprint density at radius 3 is 2.50 bits per heavy atom. The summed E-state index contributed by atoms with van der Waals surface area (Å²) >= 11 is 12.7. The molecule has 1 N–H and O–H groups in total. The molecular formula is C30H28Cl2FN5O4. The second-order valence-corrected chi connectivity index (χ2v) is 10.5. The number of nitrogens with one attached hydrogen (secondary N) is 1. The highest BCUT2D eigenvalue weighted by atomic mass is 35.5. The summed E-state index contributed by atoms with van der Waals surface area (Å²) in [6.07, 6.45) is 1.07. The second-order valence-electron chi connectivity index (χ2n) is 9.69. The fourth-order valence-electron chi connectivity index (χ4n) is 4.82. The van der Waals surface area contributed by atoms with E-state index in [2.05, 4.69) is 20.2 Å². The van der Waals surface area contributed by atoms with Crippen LogP contribution >= 0.6 is 23.2 Å². The largest absolute Gasteiger partial charge is 0.466 e. The van der Waals surface area contributed by atoms with Gasteiger partial charge in [0.15, 0.2) is 11.7 Å². The molecule has 9 nitrogen and oxygen atoms in total. The van der Waals surface area contributed by atoms with Gasteiger partial charge >= 0.3 is 12.1 Å². The first-order valence-electron chi connectivity index (χ1n) is 13.2. The number of pyridine rings is 1. The van der Waals surface area contributed by atoms with Gasteiger partial charge in [0.2, 0.25) is 0 Å². The Kier molecular flexibility index (Phi) is 9.36. The molecule has 3 heterocycles. The van der Waals surface area contributed by atoms with E-state index in [4.69, 9.17) is 32.7 Å². The highest BCUT2D eigenvalue weighted by Gasteiger charge is 2.35. The predicted molar refractivity (Wildman–Crippen MR) is 157 cm³/mol. The maximum absolute atomic E-state index is 14.8. The van der Waals surface area contributed by atoms with E-state index in [1.165, 1.54) is 25.4 Å². The Morgan fingerprint density at radius 1 is 1.05 bits per heavy atom. The molecule has 42 heavy (non-hydrogen) atoms. The van der Waals surface area contributed by atoms with Crippen LogP contribution in [0.4, 0.5) is 9.18 Å². The highest BCUT2D eigenvalue weighted by Crippen LogP contribution is 2.37. The average molecular weight is 612 g/mol. The molecule has 0 aliphatic carbocycles. The Morgan fingerprint density at radius 2 is 1.81 bits per heavy atom. The summed E-state index contributed by atoms with van der Waals surface area (Å²) in [6, 6.07) is 16.2. The van der Waals surface area contributed by atoms with Gasteiger partial charge in [-0.25, -0.2) is 19.0 Å². The number of piperazine rings is 1. The zero-order valence-corrected chi connectivity index (χ0v) is 24.2. The molecule has 3 aromatic rings. The molecule has 0 spiro atoms. The summed E-state index contributed by atoms with van der Waals surface area (Å²) in [5.74, 6) is -1.04. The fraction of sp³-hybridized carbons (Fsp3) is 0.267. The van der Waals surface area contributed by atoms with Crippen LogP contribution in [0.1, 0.15) is 22.9 Å².